The van der Waals surface area contributed by atoms with Gasteiger partial charge < -0.3 is 11.5 Å². The van der Waals surface area contributed by atoms with Crippen molar-refractivity contribution in [2.24, 2.45) is 11.5 Å². The zero-order chi connectivity index (χ0) is 7.11. The molecule has 0 bridgehead atoms. The second kappa shape index (κ2) is 5.13. The largest absolute Gasteiger partial charge is 0.359 e. The first-order valence-corrected chi connectivity index (χ1v) is 2.75. The molecule has 0 spiro atoms. The van der Waals surface area contributed by atoms with Gasteiger partial charge in [-0.1, -0.05) is 5.92 Å². The molecular formula is C6H10N2O. The zero-order valence-corrected chi connectivity index (χ0v) is 5.18. The Labute approximate surface area is 54.4 Å². The molecule has 3 nitrogen and oxygen atoms in total. The maximum atomic E-state index is 9.98. The van der Waals surface area contributed by atoms with E-state index in [-0.39, 0.29) is 0 Å². The number of carbonyl (C=O) groups is 1. The number of unbranched alkanes of at least 4 members (excludes halogenated alkanes) is 1. The number of hydrogen-bond donors (Lipinski definition) is 2. The van der Waals surface area contributed by atoms with Crippen LogP contribution in [0, 0.1) is 11.8 Å². The maximum absolute atomic E-state index is 9.98. The molecule has 0 aliphatic rings. The minimum atomic E-state index is -0.577. The highest BCUT2D eigenvalue weighted by molar-refractivity contribution is 5.91. The lowest BCUT2D eigenvalue weighted by Crippen LogP contribution is -2.06. The molecule has 0 rings (SSSR count). The number of carbonyl (C=O) groups excluding carboxylic acids is 1. The van der Waals surface area contributed by atoms with Crippen LogP contribution in [0.5, 0.6) is 0 Å². The summed E-state index contributed by atoms with van der Waals surface area (Å²) in [5.41, 5.74) is 9.89. The standard InChI is InChI=1S/C6H10N2O/c7-5-3-1-2-4-6(8)9/h1,3,5,7H2,(H2,8,9). The van der Waals surface area contributed by atoms with E-state index in [9.17, 15) is 4.79 Å². The van der Waals surface area contributed by atoms with Crippen molar-refractivity contribution in [3.05, 3.63) is 0 Å². The first kappa shape index (κ1) is 7.99. The Morgan fingerprint density at radius 3 is 2.67 bits per heavy atom. The topological polar surface area (TPSA) is 69.1 Å². The number of hydrogen-bond acceptors (Lipinski definition) is 2. The summed E-state index contributed by atoms with van der Waals surface area (Å²) in [7, 11) is 0. The average molecular weight is 126 g/mol. The summed E-state index contributed by atoms with van der Waals surface area (Å²) in [6.07, 6.45) is 1.47. The first-order chi connectivity index (χ1) is 4.27. The number of primary amides is 1. The maximum Gasteiger partial charge on any atom is 0.293 e. The van der Waals surface area contributed by atoms with Gasteiger partial charge in [0.25, 0.3) is 5.91 Å². The average Bonchev–Trinajstić information content (AvgIpc) is 1.80. The van der Waals surface area contributed by atoms with Crippen LogP contribution in [0.1, 0.15) is 12.8 Å². The third-order valence-electron chi connectivity index (χ3n) is 0.717. The second-order valence-electron chi connectivity index (χ2n) is 1.56. The van der Waals surface area contributed by atoms with Crippen molar-refractivity contribution in [2.45, 2.75) is 12.8 Å². The third-order valence-corrected chi connectivity index (χ3v) is 0.717. The third kappa shape index (κ3) is 6.99. The van der Waals surface area contributed by atoms with Crippen molar-refractivity contribution in [3.63, 3.8) is 0 Å². The monoisotopic (exact) mass is 126 g/mol. The lowest BCUT2D eigenvalue weighted by Gasteiger charge is -1.82. The fourth-order valence-electron chi connectivity index (χ4n) is 0.340. The lowest BCUT2D eigenvalue weighted by atomic mass is 10.3. The summed E-state index contributed by atoms with van der Waals surface area (Å²) in [5.74, 6) is 4.22. The van der Waals surface area contributed by atoms with Crippen LogP contribution in [0.4, 0.5) is 0 Å². The molecule has 0 saturated carbocycles. The molecule has 3 heteroatoms. The van der Waals surface area contributed by atoms with Gasteiger partial charge in [0.2, 0.25) is 0 Å². The van der Waals surface area contributed by atoms with E-state index in [1.165, 1.54) is 0 Å². The van der Waals surface area contributed by atoms with Gasteiger partial charge in [-0.25, -0.2) is 0 Å². The molecule has 4 N–H and O–H groups in total. The summed E-state index contributed by atoms with van der Waals surface area (Å²) < 4.78 is 0. The highest BCUT2D eigenvalue weighted by atomic mass is 16.1. The van der Waals surface area contributed by atoms with Crippen LogP contribution in [0.3, 0.4) is 0 Å². The molecule has 0 unspecified atom stereocenters. The van der Waals surface area contributed by atoms with Gasteiger partial charge in [0.15, 0.2) is 0 Å². The normalized spacial score (nSPS) is 7.67. The summed E-state index contributed by atoms with van der Waals surface area (Å²) in [4.78, 5) is 9.98. The molecule has 0 aromatic rings. The first-order valence-electron chi connectivity index (χ1n) is 2.75. The molecule has 50 valence electrons. The van der Waals surface area contributed by atoms with Crippen LogP contribution in [0.25, 0.3) is 0 Å². The van der Waals surface area contributed by atoms with Gasteiger partial charge in [-0.15, -0.1) is 0 Å². The van der Waals surface area contributed by atoms with Crippen molar-refractivity contribution < 1.29 is 4.79 Å². The van der Waals surface area contributed by atoms with Gasteiger partial charge in [-0.3, -0.25) is 4.79 Å². The summed E-state index contributed by atoms with van der Waals surface area (Å²) in [6, 6.07) is 0. The predicted molar refractivity (Wildman–Crippen MR) is 35.3 cm³/mol. The molecular weight excluding hydrogens is 116 g/mol. The van der Waals surface area contributed by atoms with Gasteiger partial charge in [-0.05, 0) is 18.9 Å². The molecule has 9 heavy (non-hydrogen) atoms. The van der Waals surface area contributed by atoms with E-state index in [1.54, 1.807) is 0 Å². The van der Waals surface area contributed by atoms with Gasteiger partial charge in [-0.2, -0.15) is 0 Å². The van der Waals surface area contributed by atoms with E-state index in [1.807, 2.05) is 0 Å². The molecule has 0 radical (unpaired) electrons. The van der Waals surface area contributed by atoms with Crippen LogP contribution in [0.2, 0.25) is 0 Å². The zero-order valence-electron chi connectivity index (χ0n) is 5.18. The SMILES string of the molecule is NCCCC#CC(N)=O. The molecule has 0 aliphatic carbocycles. The van der Waals surface area contributed by atoms with Crippen molar-refractivity contribution in [2.75, 3.05) is 6.54 Å². The van der Waals surface area contributed by atoms with Crippen LogP contribution in [-0.2, 0) is 4.79 Å². The highest BCUT2D eigenvalue weighted by Gasteiger charge is 1.79. The quantitative estimate of drug-likeness (QED) is 0.376. The van der Waals surface area contributed by atoms with Crippen molar-refractivity contribution in [1.29, 1.82) is 0 Å². The van der Waals surface area contributed by atoms with Gasteiger partial charge in [0.1, 0.15) is 0 Å². The summed E-state index contributed by atoms with van der Waals surface area (Å²) in [5, 5.41) is 0. The molecule has 0 aromatic heterocycles. The van der Waals surface area contributed by atoms with Crippen LogP contribution >= 0.6 is 0 Å². The fourth-order valence-corrected chi connectivity index (χ4v) is 0.340. The fraction of sp³-hybridized carbons (Fsp3) is 0.500. The Bertz CT molecular complexity index is 143. The minimum absolute atomic E-state index is 0.577. The second-order valence-corrected chi connectivity index (χ2v) is 1.56. The van der Waals surface area contributed by atoms with E-state index < -0.39 is 5.91 Å². The smallest absolute Gasteiger partial charge is 0.293 e. The van der Waals surface area contributed by atoms with Crippen molar-refractivity contribution in [3.8, 4) is 11.8 Å². The van der Waals surface area contributed by atoms with Gasteiger partial charge in [0, 0.05) is 6.42 Å². The molecule has 0 heterocycles. The Hall–Kier alpha value is -1.01. The molecule has 0 atom stereocenters. The molecule has 0 aliphatic heterocycles. The molecule has 0 aromatic carbocycles. The Balaban J connectivity index is 3.27. The Kier molecular flexibility index (Phi) is 4.56. The highest BCUT2D eigenvalue weighted by Crippen LogP contribution is 1.79. The van der Waals surface area contributed by atoms with E-state index in [0.29, 0.717) is 13.0 Å². The van der Waals surface area contributed by atoms with Crippen LogP contribution in [0.15, 0.2) is 0 Å². The molecule has 0 fully saturated rings. The van der Waals surface area contributed by atoms with E-state index >= 15 is 0 Å². The minimum Gasteiger partial charge on any atom is -0.359 e. The van der Waals surface area contributed by atoms with Crippen LogP contribution < -0.4 is 11.5 Å². The summed E-state index contributed by atoms with van der Waals surface area (Å²) in [6.45, 7) is 0.605. The number of amides is 1. The Morgan fingerprint density at radius 2 is 2.22 bits per heavy atom. The van der Waals surface area contributed by atoms with Crippen molar-refractivity contribution >= 4 is 5.91 Å². The van der Waals surface area contributed by atoms with E-state index in [4.69, 9.17) is 11.5 Å². The number of nitrogens with two attached hydrogens (primary N) is 2. The lowest BCUT2D eigenvalue weighted by molar-refractivity contribution is -0.112. The van der Waals surface area contributed by atoms with E-state index in [0.717, 1.165) is 6.42 Å². The number of rotatable bonds is 2. The van der Waals surface area contributed by atoms with Gasteiger partial charge in [0.05, 0.1) is 0 Å². The molecule has 0 saturated heterocycles. The molecule has 1 amide bonds. The van der Waals surface area contributed by atoms with Crippen molar-refractivity contribution in [1.82, 2.24) is 0 Å². The Morgan fingerprint density at radius 1 is 1.56 bits per heavy atom. The van der Waals surface area contributed by atoms with Gasteiger partial charge >= 0.3 is 0 Å². The van der Waals surface area contributed by atoms with Crippen LogP contribution in [-0.4, -0.2) is 12.5 Å². The summed E-state index contributed by atoms with van der Waals surface area (Å²) >= 11 is 0. The predicted octanol–water partition coefficient (Wildman–Crippen LogP) is -0.786. The van der Waals surface area contributed by atoms with E-state index in [2.05, 4.69) is 11.8 Å².